The van der Waals surface area contributed by atoms with Crippen molar-refractivity contribution in [2.75, 3.05) is 26.4 Å². The third kappa shape index (κ3) is 7.22. The van der Waals surface area contributed by atoms with Crippen molar-refractivity contribution in [1.82, 2.24) is 0 Å². The molecule has 0 aromatic heterocycles. The molecular formula is C17H29NO4. The summed E-state index contributed by atoms with van der Waals surface area (Å²) in [4.78, 5) is 4.69. The van der Waals surface area contributed by atoms with E-state index >= 15 is 0 Å². The van der Waals surface area contributed by atoms with Crippen LogP contribution in [-0.4, -0.2) is 31.5 Å². The number of aliphatic hydroxyl groups is 1. The summed E-state index contributed by atoms with van der Waals surface area (Å²) in [6.07, 6.45) is 0. The van der Waals surface area contributed by atoms with Crippen molar-refractivity contribution >= 4 is 0 Å². The van der Waals surface area contributed by atoms with Crippen molar-refractivity contribution in [3.05, 3.63) is 29.8 Å². The molecule has 0 unspecified atom stereocenters. The summed E-state index contributed by atoms with van der Waals surface area (Å²) < 4.78 is 11.6. The zero-order valence-electron chi connectivity index (χ0n) is 14.1. The standard InChI is InChI=1S/C17H29NO4/c1-16(2,10-20-11-17(3,4)13-22-18)12-21-15-7-5-14(9-19)6-8-15/h5-8,19H,9-13,18H2,1-4H3. The fourth-order valence-corrected chi connectivity index (χ4v) is 1.88. The summed E-state index contributed by atoms with van der Waals surface area (Å²) in [7, 11) is 0. The summed E-state index contributed by atoms with van der Waals surface area (Å²) in [6.45, 7) is 10.5. The molecule has 1 aromatic rings. The Hall–Kier alpha value is -1.14. The van der Waals surface area contributed by atoms with E-state index in [1.165, 1.54) is 0 Å². The number of benzene rings is 1. The van der Waals surface area contributed by atoms with Crippen LogP contribution in [0.3, 0.4) is 0 Å². The third-order valence-corrected chi connectivity index (χ3v) is 3.20. The van der Waals surface area contributed by atoms with Gasteiger partial charge in [0.2, 0.25) is 0 Å². The maximum atomic E-state index is 9.01. The predicted molar refractivity (Wildman–Crippen MR) is 86.4 cm³/mol. The topological polar surface area (TPSA) is 73.9 Å². The van der Waals surface area contributed by atoms with E-state index < -0.39 is 0 Å². The van der Waals surface area contributed by atoms with Crippen molar-refractivity contribution in [3.8, 4) is 5.75 Å². The van der Waals surface area contributed by atoms with Gasteiger partial charge in [0, 0.05) is 10.8 Å². The molecule has 1 aromatic carbocycles. The van der Waals surface area contributed by atoms with E-state index in [2.05, 4.69) is 13.8 Å². The lowest BCUT2D eigenvalue weighted by Crippen LogP contribution is -2.32. The van der Waals surface area contributed by atoms with Gasteiger partial charge in [-0.1, -0.05) is 39.8 Å². The van der Waals surface area contributed by atoms with Crippen LogP contribution in [0.1, 0.15) is 33.3 Å². The molecule has 126 valence electrons. The molecular weight excluding hydrogens is 282 g/mol. The number of rotatable bonds is 10. The van der Waals surface area contributed by atoms with Gasteiger partial charge in [-0.3, -0.25) is 0 Å². The number of hydrogen-bond donors (Lipinski definition) is 2. The van der Waals surface area contributed by atoms with Gasteiger partial charge < -0.3 is 19.4 Å². The summed E-state index contributed by atoms with van der Waals surface area (Å²) in [5.41, 5.74) is 0.667. The van der Waals surface area contributed by atoms with Crippen molar-refractivity contribution in [2.24, 2.45) is 16.7 Å². The second-order valence-corrected chi connectivity index (χ2v) is 7.22. The van der Waals surface area contributed by atoms with Crippen molar-refractivity contribution in [2.45, 2.75) is 34.3 Å². The van der Waals surface area contributed by atoms with Crippen molar-refractivity contribution in [3.63, 3.8) is 0 Å². The van der Waals surface area contributed by atoms with Gasteiger partial charge in [0.25, 0.3) is 0 Å². The first-order chi connectivity index (χ1) is 10.3. The smallest absolute Gasteiger partial charge is 0.119 e. The molecule has 5 nitrogen and oxygen atoms in total. The number of ether oxygens (including phenoxy) is 2. The van der Waals surface area contributed by atoms with Crippen LogP contribution < -0.4 is 10.6 Å². The first-order valence-electron chi connectivity index (χ1n) is 7.50. The van der Waals surface area contributed by atoms with Gasteiger partial charge in [-0.05, 0) is 17.7 Å². The molecule has 0 amide bonds. The van der Waals surface area contributed by atoms with E-state index in [1.807, 2.05) is 38.1 Å². The molecule has 0 bridgehead atoms. The summed E-state index contributed by atoms with van der Waals surface area (Å²) in [5, 5.41) is 9.01. The molecule has 5 heteroatoms. The molecule has 0 aliphatic carbocycles. The van der Waals surface area contributed by atoms with Crippen LogP contribution >= 0.6 is 0 Å². The maximum Gasteiger partial charge on any atom is 0.119 e. The Morgan fingerprint density at radius 3 is 1.95 bits per heavy atom. The lowest BCUT2D eigenvalue weighted by molar-refractivity contribution is -0.0336. The second-order valence-electron chi connectivity index (χ2n) is 7.22. The molecule has 0 radical (unpaired) electrons. The fourth-order valence-electron chi connectivity index (χ4n) is 1.88. The Labute approximate surface area is 133 Å². The van der Waals surface area contributed by atoms with E-state index in [0.717, 1.165) is 11.3 Å². The highest BCUT2D eigenvalue weighted by Crippen LogP contribution is 2.22. The minimum atomic E-state index is -0.105. The Balaban J connectivity index is 2.36. The zero-order chi connectivity index (χ0) is 16.6. The minimum absolute atomic E-state index is 0.0436. The highest BCUT2D eigenvalue weighted by molar-refractivity contribution is 5.26. The highest BCUT2D eigenvalue weighted by atomic mass is 16.6. The number of nitrogens with two attached hydrogens (primary N) is 1. The molecule has 22 heavy (non-hydrogen) atoms. The zero-order valence-corrected chi connectivity index (χ0v) is 14.1. The Bertz CT molecular complexity index is 429. The molecule has 0 heterocycles. The summed E-state index contributed by atoms with van der Waals surface area (Å²) >= 11 is 0. The van der Waals surface area contributed by atoms with Crippen LogP contribution in [0.15, 0.2) is 24.3 Å². The first-order valence-corrected chi connectivity index (χ1v) is 7.50. The molecule has 3 N–H and O–H groups in total. The van der Waals surface area contributed by atoms with Crippen LogP contribution in [0, 0.1) is 10.8 Å². The van der Waals surface area contributed by atoms with Gasteiger partial charge in [0.15, 0.2) is 0 Å². The van der Waals surface area contributed by atoms with E-state index in [9.17, 15) is 0 Å². The van der Waals surface area contributed by atoms with Gasteiger partial charge in [0.1, 0.15) is 5.75 Å². The molecule has 0 atom stereocenters. The highest BCUT2D eigenvalue weighted by Gasteiger charge is 2.23. The average molecular weight is 311 g/mol. The predicted octanol–water partition coefficient (Wildman–Crippen LogP) is 2.52. The molecule has 0 saturated carbocycles. The summed E-state index contributed by atoms with van der Waals surface area (Å²) in [5.74, 6) is 5.91. The lowest BCUT2D eigenvalue weighted by Gasteiger charge is -2.28. The van der Waals surface area contributed by atoms with E-state index in [1.54, 1.807) is 0 Å². The first kappa shape index (κ1) is 18.9. The normalized spacial score (nSPS) is 12.5. The second kappa shape index (κ2) is 8.48. The van der Waals surface area contributed by atoms with Gasteiger partial charge in [-0.2, -0.15) is 0 Å². The van der Waals surface area contributed by atoms with E-state index in [0.29, 0.717) is 26.4 Å². The monoisotopic (exact) mass is 311 g/mol. The Morgan fingerprint density at radius 2 is 1.45 bits per heavy atom. The van der Waals surface area contributed by atoms with Crippen LogP contribution in [0.25, 0.3) is 0 Å². The van der Waals surface area contributed by atoms with E-state index in [-0.39, 0.29) is 17.4 Å². The Morgan fingerprint density at radius 1 is 0.909 bits per heavy atom. The lowest BCUT2D eigenvalue weighted by atomic mass is 9.94. The van der Waals surface area contributed by atoms with Crippen LogP contribution in [-0.2, 0) is 16.2 Å². The number of aliphatic hydroxyl groups excluding tert-OH is 1. The molecule has 0 fully saturated rings. The third-order valence-electron chi connectivity index (χ3n) is 3.20. The molecule has 0 aliphatic rings. The molecule has 0 saturated heterocycles. The van der Waals surface area contributed by atoms with Crippen LogP contribution in [0.2, 0.25) is 0 Å². The van der Waals surface area contributed by atoms with Crippen molar-refractivity contribution in [1.29, 1.82) is 0 Å². The van der Waals surface area contributed by atoms with Crippen LogP contribution in [0.4, 0.5) is 0 Å². The molecule has 0 spiro atoms. The van der Waals surface area contributed by atoms with Crippen molar-refractivity contribution < 1.29 is 19.4 Å². The quantitative estimate of drug-likeness (QED) is 0.650. The maximum absolute atomic E-state index is 9.01. The average Bonchev–Trinajstić information content (AvgIpc) is 2.45. The molecule has 1 rings (SSSR count). The van der Waals surface area contributed by atoms with Crippen LogP contribution in [0.5, 0.6) is 5.75 Å². The number of hydrogen-bond acceptors (Lipinski definition) is 5. The van der Waals surface area contributed by atoms with E-state index in [4.69, 9.17) is 25.3 Å². The minimum Gasteiger partial charge on any atom is -0.493 e. The SMILES string of the molecule is CC(C)(CON)COCC(C)(C)COc1ccc(CO)cc1. The van der Waals surface area contributed by atoms with Gasteiger partial charge in [-0.15, -0.1) is 0 Å². The largest absolute Gasteiger partial charge is 0.493 e. The Kier molecular flexibility index (Phi) is 7.29. The summed E-state index contributed by atoms with van der Waals surface area (Å²) in [6, 6.07) is 7.44. The molecule has 0 aliphatic heterocycles. The van der Waals surface area contributed by atoms with Gasteiger partial charge in [-0.25, -0.2) is 5.90 Å². The fraction of sp³-hybridized carbons (Fsp3) is 0.647. The van der Waals surface area contributed by atoms with Gasteiger partial charge in [0.05, 0.1) is 33.0 Å². The van der Waals surface area contributed by atoms with Gasteiger partial charge >= 0.3 is 0 Å².